The first kappa shape index (κ1) is 12.1. The lowest BCUT2D eigenvalue weighted by molar-refractivity contribution is 0.560. The molecule has 0 aliphatic carbocycles. The lowest BCUT2D eigenvalue weighted by atomic mass is 10.1. The fourth-order valence-electron chi connectivity index (χ4n) is 1.66. The van der Waals surface area contributed by atoms with Gasteiger partial charge in [-0.05, 0) is 52.1 Å². The Kier molecular flexibility index (Phi) is 3.99. The molecule has 3 nitrogen and oxygen atoms in total. The zero-order valence-electron chi connectivity index (χ0n) is 9.06. The average Bonchev–Trinajstić information content (AvgIpc) is 2.87. The molecule has 5 heteroatoms. The van der Waals surface area contributed by atoms with E-state index in [1.165, 1.54) is 8.45 Å². The van der Waals surface area contributed by atoms with Gasteiger partial charge in [0.25, 0.3) is 0 Å². The van der Waals surface area contributed by atoms with Gasteiger partial charge >= 0.3 is 0 Å². The van der Waals surface area contributed by atoms with Gasteiger partial charge in [0.15, 0.2) is 0 Å². The van der Waals surface area contributed by atoms with E-state index in [1.807, 2.05) is 16.9 Å². The van der Waals surface area contributed by atoms with Crippen molar-refractivity contribution >= 4 is 33.9 Å². The Bertz CT molecular complexity index is 463. The normalized spacial score (nSPS) is 12.9. The summed E-state index contributed by atoms with van der Waals surface area (Å²) in [5.41, 5.74) is 8.51. The second kappa shape index (κ2) is 5.29. The van der Waals surface area contributed by atoms with Crippen molar-refractivity contribution in [3.63, 3.8) is 0 Å². The van der Waals surface area contributed by atoms with Crippen LogP contribution in [0.5, 0.6) is 0 Å². The van der Waals surface area contributed by atoms with Gasteiger partial charge in [0.2, 0.25) is 0 Å². The van der Waals surface area contributed by atoms with Crippen LogP contribution in [0.4, 0.5) is 0 Å². The second-order valence-corrected chi connectivity index (χ2v) is 6.45. The standard InChI is InChI=1S/C11H14IN3S/c1-2-5-15-9(3-4-14-15)11(13)8-6-10(12)16-7-8/h3-4,6-7,11H,2,5,13H2,1H3. The maximum Gasteiger partial charge on any atom is 0.0731 e. The van der Waals surface area contributed by atoms with E-state index in [1.54, 1.807) is 11.3 Å². The zero-order chi connectivity index (χ0) is 11.5. The van der Waals surface area contributed by atoms with Crippen molar-refractivity contribution in [1.29, 1.82) is 0 Å². The van der Waals surface area contributed by atoms with Crippen LogP contribution in [0.15, 0.2) is 23.7 Å². The minimum absolute atomic E-state index is 0.0613. The number of rotatable bonds is 4. The number of halogens is 1. The Morgan fingerprint density at radius 3 is 3.06 bits per heavy atom. The number of hydrogen-bond acceptors (Lipinski definition) is 3. The number of aromatic nitrogens is 2. The van der Waals surface area contributed by atoms with E-state index in [0.717, 1.165) is 18.7 Å². The van der Waals surface area contributed by atoms with Crippen molar-refractivity contribution in [1.82, 2.24) is 9.78 Å². The first-order chi connectivity index (χ1) is 7.72. The lowest BCUT2D eigenvalue weighted by Crippen LogP contribution is -2.17. The molecule has 0 spiro atoms. The fraction of sp³-hybridized carbons (Fsp3) is 0.364. The summed E-state index contributed by atoms with van der Waals surface area (Å²) < 4.78 is 3.26. The third kappa shape index (κ3) is 2.46. The summed E-state index contributed by atoms with van der Waals surface area (Å²) in [6, 6.07) is 4.08. The highest BCUT2D eigenvalue weighted by Gasteiger charge is 2.14. The lowest BCUT2D eigenvalue weighted by Gasteiger charge is -2.12. The van der Waals surface area contributed by atoms with E-state index < -0.39 is 0 Å². The summed E-state index contributed by atoms with van der Waals surface area (Å²) in [7, 11) is 0. The zero-order valence-corrected chi connectivity index (χ0v) is 12.0. The fourth-order valence-corrected chi connectivity index (χ4v) is 3.07. The Labute approximate surface area is 113 Å². The number of aryl methyl sites for hydroxylation is 1. The van der Waals surface area contributed by atoms with Crippen LogP contribution in [0.2, 0.25) is 0 Å². The predicted molar refractivity (Wildman–Crippen MR) is 75.6 cm³/mol. The molecule has 2 heterocycles. The molecule has 0 aliphatic heterocycles. The first-order valence-electron chi connectivity index (χ1n) is 5.23. The summed E-state index contributed by atoms with van der Waals surface area (Å²) >= 11 is 4.04. The molecule has 0 fully saturated rings. The third-order valence-corrected chi connectivity index (χ3v) is 4.26. The van der Waals surface area contributed by atoms with Crippen LogP contribution in [0.3, 0.4) is 0 Å². The number of hydrogen-bond donors (Lipinski definition) is 1. The molecule has 0 bridgehead atoms. The van der Waals surface area contributed by atoms with E-state index in [2.05, 4.69) is 46.1 Å². The molecule has 1 atom stereocenters. The van der Waals surface area contributed by atoms with E-state index in [9.17, 15) is 0 Å². The molecular formula is C11H14IN3S. The molecule has 0 aliphatic rings. The second-order valence-electron chi connectivity index (χ2n) is 3.64. The van der Waals surface area contributed by atoms with Crippen molar-refractivity contribution < 1.29 is 0 Å². The minimum Gasteiger partial charge on any atom is -0.319 e. The van der Waals surface area contributed by atoms with E-state index in [4.69, 9.17) is 5.73 Å². The van der Waals surface area contributed by atoms with Gasteiger partial charge in [0, 0.05) is 12.7 Å². The number of nitrogens with zero attached hydrogens (tertiary/aromatic N) is 2. The molecule has 2 aromatic rings. The summed E-state index contributed by atoms with van der Waals surface area (Å²) in [4.78, 5) is 0. The Hall–Kier alpha value is -0.400. The topological polar surface area (TPSA) is 43.8 Å². The van der Waals surface area contributed by atoms with Gasteiger partial charge in [-0.3, -0.25) is 4.68 Å². The van der Waals surface area contributed by atoms with Gasteiger partial charge in [-0.25, -0.2) is 0 Å². The van der Waals surface area contributed by atoms with Gasteiger partial charge in [-0.15, -0.1) is 11.3 Å². The van der Waals surface area contributed by atoms with Crippen LogP contribution in [0.1, 0.15) is 30.6 Å². The summed E-state index contributed by atoms with van der Waals surface area (Å²) in [6.07, 6.45) is 2.89. The van der Waals surface area contributed by atoms with Crippen molar-refractivity contribution in [3.8, 4) is 0 Å². The molecule has 0 aromatic carbocycles. The van der Waals surface area contributed by atoms with Crippen LogP contribution >= 0.6 is 33.9 Å². The van der Waals surface area contributed by atoms with Crippen molar-refractivity contribution in [2.45, 2.75) is 25.9 Å². The molecule has 0 saturated carbocycles. The van der Waals surface area contributed by atoms with Crippen LogP contribution in [-0.2, 0) is 6.54 Å². The van der Waals surface area contributed by atoms with Gasteiger partial charge in [0.1, 0.15) is 0 Å². The number of thiophene rings is 1. The molecule has 0 amide bonds. The summed E-state index contributed by atoms with van der Waals surface area (Å²) in [5, 5.41) is 6.42. The number of nitrogens with two attached hydrogens (primary N) is 1. The molecule has 0 saturated heterocycles. The van der Waals surface area contributed by atoms with Crippen LogP contribution in [0.25, 0.3) is 0 Å². The third-order valence-electron chi connectivity index (χ3n) is 2.45. The molecule has 2 N–H and O–H groups in total. The van der Waals surface area contributed by atoms with E-state index in [-0.39, 0.29) is 6.04 Å². The van der Waals surface area contributed by atoms with Crippen molar-refractivity contribution in [2.75, 3.05) is 0 Å². The maximum absolute atomic E-state index is 6.25. The smallest absolute Gasteiger partial charge is 0.0731 e. The monoisotopic (exact) mass is 347 g/mol. The Balaban J connectivity index is 2.26. The van der Waals surface area contributed by atoms with Gasteiger partial charge in [0.05, 0.1) is 14.6 Å². The largest absolute Gasteiger partial charge is 0.319 e. The predicted octanol–water partition coefficient (Wildman–Crippen LogP) is 3.01. The van der Waals surface area contributed by atoms with Crippen LogP contribution in [0, 0.1) is 2.88 Å². The summed E-state index contributed by atoms with van der Waals surface area (Å²) in [5.74, 6) is 0. The van der Waals surface area contributed by atoms with E-state index in [0.29, 0.717) is 0 Å². The first-order valence-corrected chi connectivity index (χ1v) is 7.19. The molecule has 2 rings (SSSR count). The average molecular weight is 347 g/mol. The molecule has 16 heavy (non-hydrogen) atoms. The van der Waals surface area contributed by atoms with Gasteiger partial charge in [-0.2, -0.15) is 5.10 Å². The molecular weight excluding hydrogens is 333 g/mol. The highest BCUT2D eigenvalue weighted by Crippen LogP contribution is 2.25. The van der Waals surface area contributed by atoms with Gasteiger partial charge in [-0.1, -0.05) is 6.92 Å². The Morgan fingerprint density at radius 2 is 2.44 bits per heavy atom. The quantitative estimate of drug-likeness (QED) is 0.864. The van der Waals surface area contributed by atoms with Crippen molar-refractivity contribution in [3.05, 3.63) is 37.9 Å². The van der Waals surface area contributed by atoms with Crippen LogP contribution in [-0.4, -0.2) is 9.78 Å². The highest BCUT2D eigenvalue weighted by atomic mass is 127. The summed E-state index contributed by atoms with van der Waals surface area (Å²) in [6.45, 7) is 3.07. The SMILES string of the molecule is CCCn1nccc1C(N)c1csc(I)c1. The molecule has 1 unspecified atom stereocenters. The van der Waals surface area contributed by atoms with Crippen molar-refractivity contribution in [2.24, 2.45) is 5.73 Å². The minimum atomic E-state index is -0.0613. The Morgan fingerprint density at radius 1 is 1.62 bits per heavy atom. The maximum atomic E-state index is 6.25. The highest BCUT2D eigenvalue weighted by molar-refractivity contribution is 14.1. The molecule has 86 valence electrons. The molecule has 2 aromatic heterocycles. The molecule has 0 radical (unpaired) electrons. The van der Waals surface area contributed by atoms with Crippen LogP contribution < -0.4 is 5.73 Å². The van der Waals surface area contributed by atoms with Gasteiger partial charge < -0.3 is 5.73 Å². The van der Waals surface area contributed by atoms with E-state index >= 15 is 0 Å².